The van der Waals surface area contributed by atoms with Crippen molar-refractivity contribution in [3.8, 4) is 0 Å². The van der Waals surface area contributed by atoms with E-state index < -0.39 is 0 Å². The van der Waals surface area contributed by atoms with Crippen LogP contribution in [0.15, 0.2) is 48.5 Å². The van der Waals surface area contributed by atoms with Gasteiger partial charge in [-0.25, -0.2) is 0 Å². The molecule has 2 aromatic carbocycles. The van der Waals surface area contributed by atoms with E-state index in [1.807, 2.05) is 32.3 Å². The third kappa shape index (κ3) is 3.99. The van der Waals surface area contributed by atoms with Gasteiger partial charge in [0.25, 0.3) is 5.91 Å². The van der Waals surface area contributed by atoms with Crippen molar-refractivity contribution in [2.75, 3.05) is 31.4 Å². The van der Waals surface area contributed by atoms with Gasteiger partial charge in [-0.05, 0) is 35.9 Å². The summed E-state index contributed by atoms with van der Waals surface area (Å²) < 4.78 is 0. The topological polar surface area (TPSA) is 44.4 Å². The molecule has 0 spiro atoms. The normalized spacial score (nSPS) is 10.0. The Morgan fingerprint density at radius 2 is 1.81 bits per heavy atom. The third-order valence-electron chi connectivity index (χ3n) is 3.30. The van der Waals surface area contributed by atoms with Crippen LogP contribution in [-0.2, 0) is 6.54 Å². The van der Waals surface area contributed by atoms with E-state index in [4.69, 9.17) is 0 Å². The van der Waals surface area contributed by atoms with E-state index in [1.54, 1.807) is 13.1 Å². The Hall–Kier alpha value is -2.49. The van der Waals surface area contributed by atoms with Crippen LogP contribution in [0.5, 0.6) is 0 Å². The monoisotopic (exact) mass is 283 g/mol. The van der Waals surface area contributed by atoms with Crippen molar-refractivity contribution in [2.24, 2.45) is 0 Å². The van der Waals surface area contributed by atoms with Gasteiger partial charge in [-0.15, -0.1) is 0 Å². The lowest BCUT2D eigenvalue weighted by molar-refractivity contribution is 0.0963. The van der Waals surface area contributed by atoms with Gasteiger partial charge in [0, 0.05) is 44.6 Å². The van der Waals surface area contributed by atoms with Crippen molar-refractivity contribution in [1.29, 1.82) is 0 Å². The summed E-state index contributed by atoms with van der Waals surface area (Å²) in [5.41, 5.74) is 3.98. The molecule has 2 aromatic rings. The highest BCUT2D eigenvalue weighted by atomic mass is 16.1. The summed E-state index contributed by atoms with van der Waals surface area (Å²) in [5.74, 6) is -0.0750. The average Bonchev–Trinajstić information content (AvgIpc) is 2.52. The molecule has 0 aliphatic rings. The molecule has 0 radical (unpaired) electrons. The number of hydrogen-bond donors (Lipinski definition) is 2. The Morgan fingerprint density at radius 1 is 1.10 bits per heavy atom. The van der Waals surface area contributed by atoms with Crippen LogP contribution in [0, 0.1) is 0 Å². The third-order valence-corrected chi connectivity index (χ3v) is 3.30. The van der Waals surface area contributed by atoms with E-state index in [0.29, 0.717) is 5.56 Å². The minimum Gasteiger partial charge on any atom is -0.381 e. The smallest absolute Gasteiger partial charge is 0.251 e. The molecule has 0 fully saturated rings. The van der Waals surface area contributed by atoms with Gasteiger partial charge in [0.2, 0.25) is 0 Å². The van der Waals surface area contributed by atoms with Gasteiger partial charge in [-0.2, -0.15) is 0 Å². The first-order valence-corrected chi connectivity index (χ1v) is 6.92. The molecule has 0 unspecified atom stereocenters. The number of anilines is 2. The summed E-state index contributed by atoms with van der Waals surface area (Å²) >= 11 is 0. The molecule has 1 amide bonds. The fraction of sp³-hybridized carbons (Fsp3) is 0.235. The summed E-state index contributed by atoms with van der Waals surface area (Å²) in [7, 11) is 5.68. The average molecular weight is 283 g/mol. The van der Waals surface area contributed by atoms with Crippen molar-refractivity contribution in [1.82, 2.24) is 5.32 Å². The fourth-order valence-corrected chi connectivity index (χ4v) is 2.03. The molecular weight excluding hydrogens is 262 g/mol. The highest BCUT2D eigenvalue weighted by molar-refractivity contribution is 5.94. The van der Waals surface area contributed by atoms with Crippen LogP contribution in [0.3, 0.4) is 0 Å². The van der Waals surface area contributed by atoms with Crippen molar-refractivity contribution < 1.29 is 4.79 Å². The largest absolute Gasteiger partial charge is 0.381 e. The van der Waals surface area contributed by atoms with E-state index in [2.05, 4.69) is 39.8 Å². The lowest BCUT2D eigenvalue weighted by atomic mass is 10.1. The molecule has 110 valence electrons. The Labute approximate surface area is 125 Å². The molecule has 0 atom stereocenters. The van der Waals surface area contributed by atoms with E-state index in [0.717, 1.165) is 12.2 Å². The number of carbonyl (C=O) groups is 1. The van der Waals surface area contributed by atoms with Crippen LogP contribution in [-0.4, -0.2) is 27.1 Å². The molecule has 4 nitrogen and oxygen atoms in total. The zero-order valence-corrected chi connectivity index (χ0v) is 12.7. The van der Waals surface area contributed by atoms with E-state index >= 15 is 0 Å². The molecule has 0 bridgehead atoms. The maximum Gasteiger partial charge on any atom is 0.251 e. The van der Waals surface area contributed by atoms with Gasteiger partial charge in [0.05, 0.1) is 0 Å². The summed E-state index contributed by atoms with van der Waals surface area (Å²) in [6.07, 6.45) is 0. The van der Waals surface area contributed by atoms with Crippen LogP contribution in [0.25, 0.3) is 0 Å². The van der Waals surface area contributed by atoms with Crippen LogP contribution >= 0.6 is 0 Å². The Morgan fingerprint density at radius 3 is 2.43 bits per heavy atom. The number of carbonyl (C=O) groups excluding carboxylic acids is 1. The lowest BCUT2D eigenvalue weighted by Gasteiger charge is -2.13. The van der Waals surface area contributed by atoms with Crippen molar-refractivity contribution in [2.45, 2.75) is 6.54 Å². The Bertz CT molecular complexity index is 606. The number of rotatable bonds is 5. The first-order chi connectivity index (χ1) is 10.1. The number of nitrogens with zero attached hydrogens (tertiary/aromatic N) is 1. The summed E-state index contributed by atoms with van der Waals surface area (Å²) in [5, 5.41) is 5.96. The molecule has 2 rings (SSSR count). The summed E-state index contributed by atoms with van der Waals surface area (Å²) in [6.45, 7) is 0.727. The second-order valence-electron chi connectivity index (χ2n) is 5.07. The van der Waals surface area contributed by atoms with Crippen LogP contribution in [0.4, 0.5) is 11.4 Å². The van der Waals surface area contributed by atoms with Crippen molar-refractivity contribution in [3.63, 3.8) is 0 Å². The molecule has 0 aromatic heterocycles. The maximum absolute atomic E-state index is 11.6. The molecule has 0 aliphatic carbocycles. The zero-order chi connectivity index (χ0) is 15.2. The summed E-state index contributed by atoms with van der Waals surface area (Å²) in [4.78, 5) is 13.7. The molecule has 0 aliphatic heterocycles. The highest BCUT2D eigenvalue weighted by Crippen LogP contribution is 2.15. The fourth-order valence-electron chi connectivity index (χ4n) is 2.03. The van der Waals surface area contributed by atoms with Crippen molar-refractivity contribution in [3.05, 3.63) is 59.7 Å². The van der Waals surface area contributed by atoms with E-state index in [-0.39, 0.29) is 5.91 Å². The van der Waals surface area contributed by atoms with Gasteiger partial charge in [0.1, 0.15) is 0 Å². The standard InChI is InChI=1S/C17H21N3O/c1-18-17(21)14-5-4-6-15(11-14)19-12-13-7-9-16(10-8-13)20(2)3/h4-11,19H,12H2,1-3H3,(H,18,21). The van der Waals surface area contributed by atoms with Crippen molar-refractivity contribution >= 4 is 17.3 Å². The Balaban J connectivity index is 2.01. The minimum atomic E-state index is -0.0750. The van der Waals surface area contributed by atoms with Gasteiger partial charge in [-0.3, -0.25) is 4.79 Å². The van der Waals surface area contributed by atoms with E-state index in [9.17, 15) is 4.79 Å². The highest BCUT2D eigenvalue weighted by Gasteiger charge is 2.03. The quantitative estimate of drug-likeness (QED) is 0.887. The number of hydrogen-bond acceptors (Lipinski definition) is 3. The summed E-state index contributed by atoms with van der Waals surface area (Å²) in [6, 6.07) is 15.9. The molecular formula is C17H21N3O. The zero-order valence-electron chi connectivity index (χ0n) is 12.7. The van der Waals surface area contributed by atoms with Gasteiger partial charge < -0.3 is 15.5 Å². The molecule has 0 saturated carbocycles. The van der Waals surface area contributed by atoms with Crippen LogP contribution in [0.1, 0.15) is 15.9 Å². The number of nitrogens with one attached hydrogen (secondary N) is 2. The maximum atomic E-state index is 11.6. The predicted octanol–water partition coefficient (Wildman–Crippen LogP) is 2.72. The van der Waals surface area contributed by atoms with Gasteiger partial charge in [0.15, 0.2) is 0 Å². The predicted molar refractivity (Wildman–Crippen MR) is 87.9 cm³/mol. The molecule has 0 heterocycles. The van der Waals surface area contributed by atoms with E-state index in [1.165, 1.54) is 11.3 Å². The first-order valence-electron chi connectivity index (χ1n) is 6.92. The first kappa shape index (κ1) is 14.9. The van der Waals surface area contributed by atoms with Crippen LogP contribution < -0.4 is 15.5 Å². The second-order valence-corrected chi connectivity index (χ2v) is 5.07. The second kappa shape index (κ2) is 6.79. The SMILES string of the molecule is CNC(=O)c1cccc(NCc2ccc(N(C)C)cc2)c1. The van der Waals surface area contributed by atoms with Gasteiger partial charge in [-0.1, -0.05) is 18.2 Å². The van der Waals surface area contributed by atoms with Crippen LogP contribution in [0.2, 0.25) is 0 Å². The molecule has 0 saturated heterocycles. The molecule has 4 heteroatoms. The van der Waals surface area contributed by atoms with Gasteiger partial charge >= 0.3 is 0 Å². The minimum absolute atomic E-state index is 0.0750. The number of benzene rings is 2. The Kier molecular flexibility index (Phi) is 4.82. The molecule has 21 heavy (non-hydrogen) atoms. The number of amides is 1. The molecule has 2 N–H and O–H groups in total. The lowest BCUT2D eigenvalue weighted by Crippen LogP contribution is -2.17.